The van der Waals surface area contributed by atoms with Gasteiger partial charge in [-0.1, -0.05) is 54.6 Å². The van der Waals surface area contributed by atoms with E-state index in [1.807, 2.05) is 11.0 Å². The number of benzene rings is 3. The first kappa shape index (κ1) is 17.1. The first-order valence-electron chi connectivity index (χ1n) is 10.2. The largest absolute Gasteiger partial charge is 0.354 e. The third kappa shape index (κ3) is 3.07. The lowest BCUT2D eigenvalue weighted by Gasteiger charge is -2.26. The molecule has 0 radical (unpaired) electrons. The van der Waals surface area contributed by atoms with E-state index in [-0.39, 0.29) is 5.91 Å². The number of carbonyl (C=O) groups is 1. The molecule has 0 saturated carbocycles. The van der Waals surface area contributed by atoms with Crippen molar-refractivity contribution in [3.63, 3.8) is 0 Å². The Kier molecular flexibility index (Phi) is 4.36. The number of carbonyl (C=O) groups excluding carboxylic acids is 1. The molecule has 0 bridgehead atoms. The Hall–Kier alpha value is -3.07. The quantitative estimate of drug-likeness (QED) is 0.506. The molecule has 0 aliphatic carbocycles. The van der Waals surface area contributed by atoms with Gasteiger partial charge in [-0.05, 0) is 53.3 Å². The summed E-state index contributed by atoms with van der Waals surface area (Å²) in [6.07, 6.45) is 3.93. The molecule has 140 valence electrons. The number of nitrogens with one attached hydrogen (secondary N) is 1. The highest BCUT2D eigenvalue weighted by atomic mass is 16.2. The predicted octanol–water partition coefficient (Wildman–Crippen LogP) is 5.54. The molecule has 2 heterocycles. The summed E-state index contributed by atoms with van der Waals surface area (Å²) in [5.74, 6) is 0.242. The summed E-state index contributed by atoms with van der Waals surface area (Å²) < 4.78 is 0. The van der Waals surface area contributed by atoms with Crippen LogP contribution < -0.4 is 0 Å². The number of hydrogen-bond donors (Lipinski definition) is 1. The number of para-hydroxylation sites is 1. The van der Waals surface area contributed by atoms with E-state index in [1.165, 1.54) is 17.2 Å². The molecule has 0 unspecified atom stereocenters. The number of H-pyrrole nitrogens is 1. The Bertz CT molecular complexity index is 1150. The van der Waals surface area contributed by atoms with E-state index in [0.29, 0.717) is 6.42 Å². The maximum atomic E-state index is 13.0. The molecule has 4 aromatic rings. The number of amides is 1. The van der Waals surface area contributed by atoms with Crippen molar-refractivity contribution in [3.8, 4) is 11.3 Å². The molecule has 3 nitrogen and oxygen atoms in total. The van der Waals surface area contributed by atoms with Crippen LogP contribution in [0, 0.1) is 0 Å². The fourth-order valence-corrected chi connectivity index (χ4v) is 4.38. The van der Waals surface area contributed by atoms with Crippen LogP contribution in [0.4, 0.5) is 0 Å². The van der Waals surface area contributed by atoms with Crippen LogP contribution in [0.15, 0.2) is 66.7 Å². The monoisotopic (exact) mass is 368 g/mol. The number of rotatable bonds is 3. The van der Waals surface area contributed by atoms with Crippen molar-refractivity contribution < 1.29 is 4.79 Å². The standard InChI is InChI=1S/C25H24N2O/c28-24(27-14-6-1-7-15-27)17-22-21-10-4-5-11-23(21)26-25(22)20-13-12-18-8-2-3-9-19(18)16-20/h2-5,8-13,16,26H,1,6-7,14-15,17H2. The Balaban J connectivity index is 1.59. The van der Waals surface area contributed by atoms with Crippen LogP contribution in [0.2, 0.25) is 0 Å². The van der Waals surface area contributed by atoms with E-state index in [9.17, 15) is 4.79 Å². The molecular weight excluding hydrogens is 344 g/mol. The number of fused-ring (bicyclic) bond motifs is 2. The SMILES string of the molecule is O=C(Cc1c(-c2ccc3ccccc3c2)[nH]c2ccccc12)N1CCCCC1. The smallest absolute Gasteiger partial charge is 0.227 e. The fraction of sp³-hybridized carbons (Fsp3) is 0.240. The minimum Gasteiger partial charge on any atom is -0.354 e. The minimum absolute atomic E-state index is 0.242. The van der Waals surface area contributed by atoms with Crippen molar-refractivity contribution in [1.29, 1.82) is 0 Å². The first-order valence-corrected chi connectivity index (χ1v) is 10.2. The predicted molar refractivity (Wildman–Crippen MR) is 115 cm³/mol. The maximum absolute atomic E-state index is 13.0. The fourth-order valence-electron chi connectivity index (χ4n) is 4.38. The van der Waals surface area contributed by atoms with Crippen LogP contribution in [-0.2, 0) is 11.2 Å². The van der Waals surface area contributed by atoms with E-state index in [2.05, 4.69) is 65.6 Å². The van der Waals surface area contributed by atoms with Gasteiger partial charge in [0, 0.05) is 24.0 Å². The van der Waals surface area contributed by atoms with Crippen molar-refractivity contribution >= 4 is 27.6 Å². The molecule has 1 aliphatic heterocycles. The Morgan fingerprint density at radius 2 is 1.61 bits per heavy atom. The van der Waals surface area contributed by atoms with Gasteiger partial charge >= 0.3 is 0 Å². The summed E-state index contributed by atoms with van der Waals surface area (Å²) in [4.78, 5) is 18.6. The molecule has 5 rings (SSSR count). The zero-order chi connectivity index (χ0) is 18.9. The Morgan fingerprint density at radius 3 is 2.46 bits per heavy atom. The normalized spacial score (nSPS) is 14.6. The van der Waals surface area contributed by atoms with Crippen molar-refractivity contribution in [2.45, 2.75) is 25.7 Å². The van der Waals surface area contributed by atoms with E-state index in [4.69, 9.17) is 0 Å². The number of likely N-dealkylation sites (tertiary alicyclic amines) is 1. The van der Waals surface area contributed by atoms with Gasteiger partial charge in [0.05, 0.1) is 12.1 Å². The highest BCUT2D eigenvalue weighted by molar-refractivity contribution is 5.97. The van der Waals surface area contributed by atoms with Gasteiger partial charge in [0.25, 0.3) is 0 Å². The number of piperidine rings is 1. The highest BCUT2D eigenvalue weighted by Crippen LogP contribution is 2.33. The van der Waals surface area contributed by atoms with Crippen LogP contribution in [-0.4, -0.2) is 28.9 Å². The molecule has 3 aromatic carbocycles. The lowest BCUT2D eigenvalue weighted by Crippen LogP contribution is -2.36. The van der Waals surface area contributed by atoms with Crippen molar-refractivity contribution in [3.05, 3.63) is 72.3 Å². The van der Waals surface area contributed by atoms with Crippen molar-refractivity contribution in [2.75, 3.05) is 13.1 Å². The molecule has 0 spiro atoms. The summed E-state index contributed by atoms with van der Waals surface area (Å²) in [7, 11) is 0. The van der Waals surface area contributed by atoms with Gasteiger partial charge in [-0.3, -0.25) is 4.79 Å². The number of aromatic amines is 1. The average molecular weight is 368 g/mol. The van der Waals surface area contributed by atoms with Crippen molar-refractivity contribution in [1.82, 2.24) is 9.88 Å². The van der Waals surface area contributed by atoms with Gasteiger partial charge in [-0.15, -0.1) is 0 Å². The summed E-state index contributed by atoms with van der Waals surface area (Å²) in [6.45, 7) is 1.79. The van der Waals surface area contributed by atoms with Gasteiger partial charge in [-0.25, -0.2) is 0 Å². The molecule has 3 heteroatoms. The molecule has 1 fully saturated rings. The van der Waals surface area contributed by atoms with Gasteiger partial charge in [0.2, 0.25) is 5.91 Å². The molecule has 1 aromatic heterocycles. The molecule has 1 amide bonds. The molecule has 28 heavy (non-hydrogen) atoms. The van der Waals surface area contributed by atoms with Gasteiger partial charge in [0.15, 0.2) is 0 Å². The molecule has 0 atom stereocenters. The van der Waals surface area contributed by atoms with E-state index >= 15 is 0 Å². The summed E-state index contributed by atoms with van der Waals surface area (Å²) in [5.41, 5.74) is 4.40. The average Bonchev–Trinajstić information content (AvgIpc) is 3.12. The lowest BCUT2D eigenvalue weighted by molar-refractivity contribution is -0.131. The van der Waals surface area contributed by atoms with Crippen LogP contribution in [0.5, 0.6) is 0 Å². The number of nitrogens with zero attached hydrogens (tertiary/aromatic N) is 1. The minimum atomic E-state index is 0.242. The van der Waals surface area contributed by atoms with Crippen LogP contribution in [0.3, 0.4) is 0 Å². The van der Waals surface area contributed by atoms with E-state index in [0.717, 1.165) is 53.7 Å². The second kappa shape index (κ2) is 7.16. The second-order valence-electron chi connectivity index (χ2n) is 7.70. The zero-order valence-electron chi connectivity index (χ0n) is 15.9. The Labute approximate surface area is 165 Å². The summed E-state index contributed by atoms with van der Waals surface area (Å²) >= 11 is 0. The van der Waals surface area contributed by atoms with Gasteiger partial charge in [0.1, 0.15) is 0 Å². The molecule has 1 aliphatic rings. The molecule has 1 N–H and O–H groups in total. The van der Waals surface area contributed by atoms with E-state index in [1.54, 1.807) is 0 Å². The maximum Gasteiger partial charge on any atom is 0.227 e. The van der Waals surface area contributed by atoms with Gasteiger partial charge < -0.3 is 9.88 Å². The molecular formula is C25H24N2O. The summed E-state index contributed by atoms with van der Waals surface area (Å²) in [5, 5.41) is 3.59. The van der Waals surface area contributed by atoms with Gasteiger partial charge in [-0.2, -0.15) is 0 Å². The van der Waals surface area contributed by atoms with Crippen LogP contribution >= 0.6 is 0 Å². The van der Waals surface area contributed by atoms with Crippen LogP contribution in [0.1, 0.15) is 24.8 Å². The third-order valence-corrected chi connectivity index (χ3v) is 5.89. The summed E-state index contributed by atoms with van der Waals surface area (Å²) in [6, 6.07) is 23.2. The number of aromatic nitrogens is 1. The zero-order valence-corrected chi connectivity index (χ0v) is 15.9. The van der Waals surface area contributed by atoms with Crippen molar-refractivity contribution in [2.24, 2.45) is 0 Å². The number of hydrogen-bond acceptors (Lipinski definition) is 1. The second-order valence-corrected chi connectivity index (χ2v) is 7.70. The highest BCUT2D eigenvalue weighted by Gasteiger charge is 2.21. The topological polar surface area (TPSA) is 36.1 Å². The Morgan fingerprint density at radius 1 is 0.857 bits per heavy atom. The lowest BCUT2D eigenvalue weighted by atomic mass is 9.99. The van der Waals surface area contributed by atoms with E-state index < -0.39 is 0 Å². The third-order valence-electron chi connectivity index (χ3n) is 5.89. The van der Waals surface area contributed by atoms with Crippen LogP contribution in [0.25, 0.3) is 32.9 Å². The molecule has 1 saturated heterocycles. The first-order chi connectivity index (χ1) is 13.8.